The largest absolute Gasteiger partial charge is 0.462 e. The van der Waals surface area contributed by atoms with E-state index in [1.54, 1.807) is 12.4 Å². The molecule has 0 spiro atoms. The lowest BCUT2D eigenvalue weighted by Crippen LogP contribution is -2.09. The monoisotopic (exact) mass is 366 g/mol. The van der Waals surface area contributed by atoms with Crippen molar-refractivity contribution in [3.8, 4) is 11.4 Å². The third-order valence-corrected chi connectivity index (χ3v) is 4.77. The summed E-state index contributed by atoms with van der Waals surface area (Å²) in [5.74, 6) is 0.774. The average molecular weight is 366 g/mol. The van der Waals surface area contributed by atoms with Crippen LogP contribution in [0.1, 0.15) is 52.9 Å². The molecule has 140 valence electrons. The summed E-state index contributed by atoms with van der Waals surface area (Å²) in [5.41, 5.74) is 3.59. The van der Waals surface area contributed by atoms with Crippen LogP contribution in [0.4, 0.5) is 0 Å². The lowest BCUT2D eigenvalue weighted by atomic mass is 10.2. The zero-order valence-corrected chi connectivity index (χ0v) is 15.5. The Morgan fingerprint density at radius 3 is 2.96 bits per heavy atom. The Balaban J connectivity index is 1.29. The molecule has 0 amide bonds. The van der Waals surface area contributed by atoms with Gasteiger partial charge in [-0.05, 0) is 51.3 Å². The standard InChI is InChI=1S/C20H22N4O3/c1-13-11-17(14(2)24(13)16-7-8-16)20(25)26-10-4-6-18-22-19(23-27-18)15-5-3-9-21-12-15/h3,5,9,11-12,16H,4,6-8,10H2,1-2H3. The summed E-state index contributed by atoms with van der Waals surface area (Å²) in [6.07, 6.45) is 6.95. The number of esters is 1. The van der Waals surface area contributed by atoms with Gasteiger partial charge in [-0.2, -0.15) is 4.98 Å². The lowest BCUT2D eigenvalue weighted by molar-refractivity contribution is 0.0497. The minimum atomic E-state index is -0.267. The predicted molar refractivity (Wildman–Crippen MR) is 98.3 cm³/mol. The summed E-state index contributed by atoms with van der Waals surface area (Å²) in [6, 6.07) is 6.18. The average Bonchev–Trinajstić information content (AvgIpc) is 3.31. The van der Waals surface area contributed by atoms with Gasteiger partial charge in [0.25, 0.3) is 0 Å². The number of aryl methyl sites for hydroxylation is 2. The van der Waals surface area contributed by atoms with Gasteiger partial charge in [-0.15, -0.1) is 0 Å². The summed E-state index contributed by atoms with van der Waals surface area (Å²) < 4.78 is 12.9. The Kier molecular flexibility index (Phi) is 4.75. The molecule has 1 aliphatic rings. The maximum Gasteiger partial charge on any atom is 0.339 e. The topological polar surface area (TPSA) is 83.0 Å². The summed E-state index contributed by atoms with van der Waals surface area (Å²) in [7, 11) is 0. The van der Waals surface area contributed by atoms with Gasteiger partial charge in [-0.3, -0.25) is 4.98 Å². The number of aromatic nitrogens is 4. The molecule has 3 heterocycles. The van der Waals surface area contributed by atoms with Crippen LogP contribution in [-0.2, 0) is 11.2 Å². The zero-order valence-electron chi connectivity index (χ0n) is 15.5. The molecule has 0 radical (unpaired) electrons. The molecule has 0 aliphatic heterocycles. The van der Waals surface area contributed by atoms with Crippen LogP contribution in [0.5, 0.6) is 0 Å². The minimum absolute atomic E-state index is 0.267. The summed E-state index contributed by atoms with van der Waals surface area (Å²) in [5, 5.41) is 3.96. The van der Waals surface area contributed by atoms with Crippen molar-refractivity contribution in [3.63, 3.8) is 0 Å². The van der Waals surface area contributed by atoms with Crippen molar-refractivity contribution in [2.75, 3.05) is 6.61 Å². The van der Waals surface area contributed by atoms with Crippen LogP contribution in [0.15, 0.2) is 35.1 Å². The first-order valence-corrected chi connectivity index (χ1v) is 9.22. The number of hydrogen-bond acceptors (Lipinski definition) is 6. The maximum atomic E-state index is 12.4. The Hall–Kier alpha value is -2.96. The number of ether oxygens (including phenoxy) is 1. The molecule has 0 saturated heterocycles. The van der Waals surface area contributed by atoms with Crippen LogP contribution >= 0.6 is 0 Å². The van der Waals surface area contributed by atoms with Crippen LogP contribution in [0, 0.1) is 13.8 Å². The molecule has 1 saturated carbocycles. The molecule has 1 aliphatic carbocycles. The number of rotatable bonds is 7. The highest BCUT2D eigenvalue weighted by Gasteiger charge is 2.28. The summed E-state index contributed by atoms with van der Waals surface area (Å²) in [4.78, 5) is 20.8. The normalized spacial score (nSPS) is 13.7. The van der Waals surface area contributed by atoms with E-state index in [1.165, 1.54) is 12.8 Å². The third-order valence-electron chi connectivity index (χ3n) is 4.77. The molecule has 0 aromatic carbocycles. The van der Waals surface area contributed by atoms with Gasteiger partial charge >= 0.3 is 5.97 Å². The first-order chi connectivity index (χ1) is 13.1. The van der Waals surface area contributed by atoms with Gasteiger partial charge in [0.1, 0.15) is 0 Å². The van der Waals surface area contributed by atoms with Gasteiger partial charge in [0.05, 0.1) is 12.2 Å². The lowest BCUT2D eigenvalue weighted by Gasteiger charge is -2.07. The fourth-order valence-electron chi connectivity index (χ4n) is 3.31. The van der Waals surface area contributed by atoms with Crippen LogP contribution in [0.2, 0.25) is 0 Å². The van der Waals surface area contributed by atoms with Crippen LogP contribution in [0.3, 0.4) is 0 Å². The molecule has 1 fully saturated rings. The van der Waals surface area contributed by atoms with Crippen molar-refractivity contribution < 1.29 is 14.1 Å². The Bertz CT molecular complexity index is 942. The van der Waals surface area contributed by atoms with Crippen molar-refractivity contribution >= 4 is 5.97 Å². The molecule has 0 N–H and O–H groups in total. The summed E-state index contributed by atoms with van der Waals surface area (Å²) >= 11 is 0. The second kappa shape index (κ2) is 7.34. The fourth-order valence-corrected chi connectivity index (χ4v) is 3.31. The van der Waals surface area contributed by atoms with E-state index in [0.717, 1.165) is 17.0 Å². The highest BCUT2D eigenvalue weighted by atomic mass is 16.5. The van der Waals surface area contributed by atoms with Crippen molar-refractivity contribution in [2.24, 2.45) is 0 Å². The van der Waals surface area contributed by atoms with E-state index in [1.807, 2.05) is 32.0 Å². The fraction of sp³-hybridized carbons (Fsp3) is 0.400. The van der Waals surface area contributed by atoms with Gasteiger partial charge in [0.15, 0.2) is 0 Å². The number of hydrogen-bond donors (Lipinski definition) is 0. The Labute approximate surface area is 157 Å². The number of nitrogens with zero attached hydrogens (tertiary/aromatic N) is 4. The van der Waals surface area contributed by atoms with Crippen molar-refractivity contribution in [1.29, 1.82) is 0 Å². The molecule has 0 bridgehead atoms. The smallest absolute Gasteiger partial charge is 0.339 e. The highest BCUT2D eigenvalue weighted by Crippen LogP contribution is 2.38. The number of pyridine rings is 1. The molecular weight excluding hydrogens is 344 g/mol. The van der Waals surface area contributed by atoms with Crippen molar-refractivity contribution in [2.45, 2.75) is 45.6 Å². The van der Waals surface area contributed by atoms with E-state index in [2.05, 4.69) is 19.7 Å². The zero-order chi connectivity index (χ0) is 18.8. The number of carbonyl (C=O) groups is 1. The first kappa shape index (κ1) is 17.5. The van der Waals surface area contributed by atoms with Crippen molar-refractivity contribution in [3.05, 3.63) is 53.4 Å². The van der Waals surface area contributed by atoms with Crippen molar-refractivity contribution in [1.82, 2.24) is 19.7 Å². The molecule has 4 rings (SSSR count). The van der Waals surface area contributed by atoms with Gasteiger partial charge in [0.2, 0.25) is 11.7 Å². The maximum absolute atomic E-state index is 12.4. The van der Waals surface area contributed by atoms with Crippen LogP contribution in [0.25, 0.3) is 11.4 Å². The quantitative estimate of drug-likeness (QED) is 0.469. The van der Waals surface area contributed by atoms with Crippen LogP contribution in [-0.4, -0.2) is 32.3 Å². The SMILES string of the molecule is Cc1cc(C(=O)OCCCc2nc(-c3cccnc3)no2)c(C)n1C1CC1. The Morgan fingerprint density at radius 1 is 1.37 bits per heavy atom. The van der Waals surface area contributed by atoms with E-state index in [-0.39, 0.29) is 5.97 Å². The minimum Gasteiger partial charge on any atom is -0.462 e. The molecule has 3 aromatic rings. The molecule has 0 unspecified atom stereocenters. The van der Waals surface area contributed by atoms with Gasteiger partial charge in [-0.1, -0.05) is 5.16 Å². The molecule has 27 heavy (non-hydrogen) atoms. The molecule has 7 heteroatoms. The highest BCUT2D eigenvalue weighted by molar-refractivity contribution is 5.91. The van der Waals surface area contributed by atoms with Gasteiger partial charge in [-0.25, -0.2) is 4.79 Å². The second-order valence-electron chi connectivity index (χ2n) is 6.88. The van der Waals surface area contributed by atoms with E-state index in [9.17, 15) is 4.79 Å². The predicted octanol–water partition coefficient (Wildman–Crippen LogP) is 3.67. The molecule has 0 atom stereocenters. The Morgan fingerprint density at radius 2 is 2.22 bits per heavy atom. The van der Waals surface area contributed by atoms with Gasteiger partial charge < -0.3 is 13.8 Å². The van der Waals surface area contributed by atoms with E-state index in [0.29, 0.717) is 42.8 Å². The number of carbonyl (C=O) groups excluding carboxylic acids is 1. The third kappa shape index (κ3) is 3.77. The summed E-state index contributed by atoms with van der Waals surface area (Å²) in [6.45, 7) is 4.34. The molecule has 3 aromatic heterocycles. The molecule has 7 nitrogen and oxygen atoms in total. The van der Waals surface area contributed by atoms with Crippen LogP contribution < -0.4 is 0 Å². The van der Waals surface area contributed by atoms with E-state index in [4.69, 9.17) is 9.26 Å². The molecular formula is C20H22N4O3. The first-order valence-electron chi connectivity index (χ1n) is 9.22. The van der Waals surface area contributed by atoms with E-state index < -0.39 is 0 Å². The second-order valence-corrected chi connectivity index (χ2v) is 6.88. The van der Waals surface area contributed by atoms with E-state index >= 15 is 0 Å². The van der Waals surface area contributed by atoms with Gasteiger partial charge in [0, 0.05) is 41.8 Å².